The third kappa shape index (κ3) is 4.78. The van der Waals surface area contributed by atoms with Gasteiger partial charge in [-0.1, -0.05) is 86.6 Å². The van der Waals surface area contributed by atoms with E-state index in [1.165, 1.54) is 0 Å². The van der Waals surface area contributed by atoms with E-state index in [2.05, 4.69) is 61.2 Å². The summed E-state index contributed by atoms with van der Waals surface area (Å²) >= 11 is 0. The van der Waals surface area contributed by atoms with Crippen LogP contribution in [0.25, 0.3) is 44.6 Å². The van der Waals surface area contributed by atoms with Crippen LogP contribution in [0.4, 0.5) is 17.1 Å². The number of carbonyl (C=O) groups is 4. The summed E-state index contributed by atoms with van der Waals surface area (Å²) < 4.78 is 2.02. The quantitative estimate of drug-likeness (QED) is 0.133. The lowest BCUT2D eigenvalue weighted by atomic mass is 9.73. The molecular weight excluding hydrogens is 717 g/mol. The van der Waals surface area contributed by atoms with Crippen molar-refractivity contribution >= 4 is 84.8 Å². The van der Waals surface area contributed by atoms with Crippen LogP contribution in [0.5, 0.6) is 0 Å². The molecule has 6 heteroatoms. The number of hydrogen-bond acceptors (Lipinski definition) is 5. The molecule has 1 aromatic heterocycles. The monoisotopic (exact) mass is 750 g/mol. The minimum atomic E-state index is -0.420. The van der Waals surface area contributed by atoms with Gasteiger partial charge in [-0.3, -0.25) is 19.2 Å². The molecule has 11 rings (SSSR count). The minimum Gasteiger partial charge on any atom is -0.350 e. The lowest BCUT2D eigenvalue weighted by molar-refractivity contribution is 0.0975. The van der Waals surface area contributed by atoms with Crippen LogP contribution >= 0.6 is 0 Å². The van der Waals surface area contributed by atoms with Gasteiger partial charge in [-0.15, -0.1) is 0 Å². The van der Waals surface area contributed by atoms with Crippen molar-refractivity contribution in [3.05, 3.63) is 195 Å². The Morgan fingerprint density at radius 2 is 1.00 bits per heavy atom. The van der Waals surface area contributed by atoms with Crippen molar-refractivity contribution in [1.29, 1.82) is 0 Å². The highest BCUT2D eigenvalue weighted by molar-refractivity contribution is 6.43. The van der Waals surface area contributed by atoms with E-state index in [9.17, 15) is 19.2 Å². The minimum absolute atomic E-state index is 0.163. The summed E-state index contributed by atoms with van der Waals surface area (Å²) in [5.41, 5.74) is 9.29. The van der Waals surface area contributed by atoms with Gasteiger partial charge in [0.2, 0.25) is 0 Å². The molecule has 0 saturated carbocycles. The maximum atomic E-state index is 13.8. The third-order valence-electron chi connectivity index (χ3n) is 12.4. The van der Waals surface area contributed by atoms with Gasteiger partial charge in [0.05, 0.1) is 22.5 Å². The van der Waals surface area contributed by atoms with Crippen LogP contribution in [-0.4, -0.2) is 27.7 Å². The molecular formula is C52H34N2O4. The first-order valence-electron chi connectivity index (χ1n) is 19.4. The topological polar surface area (TPSA) is 76.5 Å². The van der Waals surface area contributed by atoms with Crippen LogP contribution in [0.15, 0.2) is 151 Å². The number of aryl methyl sites for hydroxylation is 1. The zero-order valence-electron chi connectivity index (χ0n) is 32.0. The van der Waals surface area contributed by atoms with Crippen LogP contribution in [0, 0.1) is 0 Å². The van der Waals surface area contributed by atoms with E-state index in [0.29, 0.717) is 22.3 Å². The lowest BCUT2D eigenvalue weighted by Crippen LogP contribution is -2.30. The second-order valence-electron chi connectivity index (χ2n) is 16.1. The van der Waals surface area contributed by atoms with Crippen molar-refractivity contribution in [2.24, 2.45) is 7.05 Å². The number of benzene rings is 7. The molecule has 2 heterocycles. The van der Waals surface area contributed by atoms with Gasteiger partial charge >= 0.3 is 0 Å². The van der Waals surface area contributed by atoms with E-state index in [1.54, 1.807) is 12.2 Å². The normalized spacial score (nSPS) is 15.3. The average Bonchev–Trinajstić information content (AvgIpc) is 3.76. The van der Waals surface area contributed by atoms with E-state index in [-0.39, 0.29) is 34.3 Å². The predicted molar refractivity (Wildman–Crippen MR) is 231 cm³/mol. The Balaban J connectivity index is 1.02. The van der Waals surface area contributed by atoms with Gasteiger partial charge in [0, 0.05) is 63.1 Å². The predicted octanol–water partition coefficient (Wildman–Crippen LogP) is 11.5. The highest BCUT2D eigenvalue weighted by Crippen LogP contribution is 2.52. The smallest absolute Gasteiger partial charge is 0.197 e. The van der Waals surface area contributed by atoms with E-state index in [0.717, 1.165) is 71.8 Å². The van der Waals surface area contributed by atoms with Crippen molar-refractivity contribution in [2.45, 2.75) is 19.3 Å². The van der Waals surface area contributed by atoms with Crippen LogP contribution in [0.3, 0.4) is 0 Å². The third-order valence-corrected chi connectivity index (χ3v) is 12.4. The van der Waals surface area contributed by atoms with Gasteiger partial charge in [0.15, 0.2) is 23.1 Å². The number of aromatic nitrogens is 1. The number of fused-ring (bicyclic) bond motifs is 7. The zero-order chi connectivity index (χ0) is 39.6. The largest absolute Gasteiger partial charge is 0.350 e. The summed E-state index contributed by atoms with van der Waals surface area (Å²) in [7, 11) is 1.97. The Kier molecular flexibility index (Phi) is 7.02. The number of nitrogens with zero attached hydrogens (tertiary/aromatic N) is 2. The molecule has 8 aromatic rings. The number of hydrogen-bond donors (Lipinski definition) is 0. The Morgan fingerprint density at radius 3 is 1.57 bits per heavy atom. The van der Waals surface area contributed by atoms with Gasteiger partial charge in [-0.25, -0.2) is 0 Å². The zero-order valence-corrected chi connectivity index (χ0v) is 32.0. The molecule has 6 nitrogen and oxygen atoms in total. The van der Waals surface area contributed by atoms with E-state index in [4.69, 9.17) is 0 Å². The average molecular weight is 751 g/mol. The van der Waals surface area contributed by atoms with Gasteiger partial charge < -0.3 is 9.47 Å². The van der Waals surface area contributed by atoms with E-state index >= 15 is 0 Å². The number of Topliss-reactive ketones (excluding diaryl/α,β-unsaturated/α-hetero) is 4. The van der Waals surface area contributed by atoms with Crippen molar-refractivity contribution in [3.63, 3.8) is 0 Å². The Hall–Kier alpha value is -7.44. The molecule has 2 aliphatic carbocycles. The van der Waals surface area contributed by atoms with Gasteiger partial charge in [-0.2, -0.15) is 0 Å². The summed E-state index contributed by atoms with van der Waals surface area (Å²) in [5, 5.41) is 4.61. The molecule has 7 aromatic carbocycles. The lowest BCUT2D eigenvalue weighted by Gasteiger charge is -2.42. The highest BCUT2D eigenvalue weighted by Gasteiger charge is 2.38. The molecule has 0 atom stereocenters. The van der Waals surface area contributed by atoms with Gasteiger partial charge in [-0.05, 0) is 111 Å². The molecule has 0 radical (unpaired) electrons. The first kappa shape index (κ1) is 33.9. The number of rotatable bonds is 3. The molecule has 0 bridgehead atoms. The summed E-state index contributed by atoms with van der Waals surface area (Å²) in [6, 6.07) is 43.6. The second-order valence-corrected chi connectivity index (χ2v) is 16.1. The summed E-state index contributed by atoms with van der Waals surface area (Å²) in [6.45, 7) is 4.40. The molecule has 3 aliphatic rings. The molecule has 0 amide bonds. The fourth-order valence-electron chi connectivity index (χ4n) is 9.36. The van der Waals surface area contributed by atoms with Gasteiger partial charge in [0.25, 0.3) is 0 Å². The number of carbonyl (C=O) groups excluding carboxylic acids is 4. The Morgan fingerprint density at radius 1 is 0.500 bits per heavy atom. The fourth-order valence-corrected chi connectivity index (χ4v) is 9.36. The number of para-hydroxylation sites is 1. The van der Waals surface area contributed by atoms with Crippen LogP contribution in [0.1, 0.15) is 77.5 Å². The summed E-state index contributed by atoms with van der Waals surface area (Å²) in [5.74, 6) is -1.03. The molecule has 0 N–H and O–H groups in total. The first-order valence-corrected chi connectivity index (χ1v) is 19.4. The molecule has 0 fully saturated rings. The Bertz CT molecular complexity index is 3190. The maximum absolute atomic E-state index is 13.8. The summed E-state index contributed by atoms with van der Waals surface area (Å²) in [6.07, 6.45) is 5.45. The SMILES string of the molecule is Cn1cc(C=C2C(=O)c3cc4ccccc4cc3C2=O)c2cc(N3c4ccccc4C(C)(C)c4cc(C=C5C(=O)c6cc7ccccc7cc6C5=O)ccc43)ccc21. The highest BCUT2D eigenvalue weighted by atomic mass is 16.2. The Labute approximate surface area is 334 Å². The molecule has 0 spiro atoms. The van der Waals surface area contributed by atoms with Gasteiger partial charge in [0.1, 0.15) is 0 Å². The van der Waals surface area contributed by atoms with Crippen molar-refractivity contribution in [3.8, 4) is 0 Å². The number of anilines is 3. The van der Waals surface area contributed by atoms with Crippen molar-refractivity contribution in [1.82, 2.24) is 4.57 Å². The standard InChI is InChI=1S/C52H34N2O4/c1-52(2)43-14-8-9-15-46(43)54(47-18-16-29(21-44(47)52)20-41-48(55)37-22-30-10-4-5-11-31(30)23-38(37)49(41)56)35-17-19-45-36(27-35)34(28-53(45)3)26-42-50(57)39-24-32-12-6-7-13-33(32)25-40(39)51(42)58/h4-28H,1-3H3. The number of allylic oxidation sites excluding steroid dienone is 2. The number of ketones is 4. The van der Waals surface area contributed by atoms with E-state index in [1.807, 2.05) is 109 Å². The van der Waals surface area contributed by atoms with Crippen LogP contribution in [-0.2, 0) is 12.5 Å². The van der Waals surface area contributed by atoms with Crippen molar-refractivity contribution in [2.75, 3.05) is 4.90 Å². The first-order chi connectivity index (χ1) is 28.1. The second kappa shape index (κ2) is 12.0. The van der Waals surface area contributed by atoms with Crippen LogP contribution < -0.4 is 4.90 Å². The molecule has 58 heavy (non-hydrogen) atoms. The molecule has 0 saturated heterocycles. The maximum Gasteiger partial charge on any atom is 0.197 e. The van der Waals surface area contributed by atoms with Crippen molar-refractivity contribution < 1.29 is 19.2 Å². The molecule has 0 unspecified atom stereocenters. The fraction of sp³-hybridized carbons (Fsp3) is 0.0769. The molecule has 276 valence electrons. The summed E-state index contributed by atoms with van der Waals surface area (Å²) in [4.78, 5) is 57.2. The molecule has 1 aliphatic heterocycles. The van der Waals surface area contributed by atoms with E-state index < -0.39 is 5.41 Å². The van der Waals surface area contributed by atoms with Crippen LogP contribution in [0.2, 0.25) is 0 Å².